The van der Waals surface area contributed by atoms with Crippen molar-refractivity contribution in [2.75, 3.05) is 5.43 Å². The Morgan fingerprint density at radius 2 is 1.76 bits per heavy atom. The quantitative estimate of drug-likeness (QED) is 0.624. The number of halogens is 4. The molecule has 0 aromatic heterocycles. The second kappa shape index (κ2) is 6.18. The highest BCUT2D eigenvalue weighted by Crippen LogP contribution is 2.32. The van der Waals surface area contributed by atoms with Crippen molar-refractivity contribution in [2.24, 2.45) is 5.10 Å². The van der Waals surface area contributed by atoms with Crippen molar-refractivity contribution in [2.45, 2.75) is 13.1 Å². The highest BCUT2D eigenvalue weighted by Gasteiger charge is 2.32. The lowest BCUT2D eigenvalue weighted by molar-refractivity contribution is -0.138. The summed E-state index contributed by atoms with van der Waals surface area (Å²) in [6.45, 7) is 1.40. The fraction of sp³-hybridized carbons (Fsp3) is 0.133. The summed E-state index contributed by atoms with van der Waals surface area (Å²) in [6.07, 6.45) is -4.41. The minimum absolute atomic E-state index is 0.0376. The van der Waals surface area contributed by atoms with Gasteiger partial charge in [-0.2, -0.15) is 18.3 Å². The van der Waals surface area contributed by atoms with E-state index in [2.05, 4.69) is 10.5 Å². The van der Waals surface area contributed by atoms with Crippen LogP contribution in [0.5, 0.6) is 0 Å². The lowest BCUT2D eigenvalue weighted by atomic mass is 10.1. The van der Waals surface area contributed by atoms with Crippen LogP contribution in [0.25, 0.3) is 0 Å². The van der Waals surface area contributed by atoms with Gasteiger partial charge in [-0.3, -0.25) is 5.43 Å². The van der Waals surface area contributed by atoms with E-state index in [0.717, 1.165) is 6.07 Å². The fourth-order valence-electron chi connectivity index (χ4n) is 1.75. The van der Waals surface area contributed by atoms with Crippen LogP contribution in [0.15, 0.2) is 53.6 Å². The number of hydrogen-bond acceptors (Lipinski definition) is 2. The van der Waals surface area contributed by atoms with Crippen molar-refractivity contribution in [3.8, 4) is 0 Å². The molecular formula is C15H12ClF3N2. The van der Waals surface area contributed by atoms with Crippen LogP contribution in [-0.2, 0) is 6.18 Å². The predicted octanol–water partition coefficient (Wildman–Crippen LogP) is 5.03. The maximum Gasteiger partial charge on any atom is 0.416 e. The number of aryl methyl sites for hydroxylation is 1. The van der Waals surface area contributed by atoms with Crippen molar-refractivity contribution >= 4 is 22.5 Å². The van der Waals surface area contributed by atoms with Gasteiger partial charge >= 0.3 is 6.18 Å². The van der Waals surface area contributed by atoms with E-state index in [1.165, 1.54) is 19.1 Å². The molecular weight excluding hydrogens is 301 g/mol. The number of hydrogen-bond donors (Lipinski definition) is 1. The zero-order chi connectivity index (χ0) is 15.5. The van der Waals surface area contributed by atoms with Crippen LogP contribution in [0.3, 0.4) is 0 Å². The first kappa shape index (κ1) is 15.4. The van der Waals surface area contributed by atoms with Gasteiger partial charge in [0.2, 0.25) is 0 Å². The van der Waals surface area contributed by atoms with Crippen molar-refractivity contribution in [1.29, 1.82) is 0 Å². The van der Waals surface area contributed by atoms with Crippen LogP contribution in [0.1, 0.15) is 16.7 Å². The van der Waals surface area contributed by atoms with Gasteiger partial charge in [0.1, 0.15) is 0 Å². The Labute approximate surface area is 125 Å². The summed E-state index contributed by atoms with van der Waals surface area (Å²) in [5.74, 6) is 0. The molecule has 0 spiro atoms. The van der Waals surface area contributed by atoms with E-state index in [1.54, 1.807) is 24.3 Å². The summed E-state index contributed by atoms with van der Waals surface area (Å²) in [5.41, 5.74) is 3.02. The summed E-state index contributed by atoms with van der Waals surface area (Å²) < 4.78 is 38.5. The van der Waals surface area contributed by atoms with Crippen LogP contribution in [-0.4, -0.2) is 5.17 Å². The molecule has 0 radical (unpaired) electrons. The van der Waals surface area contributed by atoms with Crippen molar-refractivity contribution in [3.05, 3.63) is 65.2 Å². The van der Waals surface area contributed by atoms with E-state index in [-0.39, 0.29) is 16.3 Å². The molecule has 110 valence electrons. The normalized spacial score (nSPS) is 12.3. The zero-order valence-electron chi connectivity index (χ0n) is 11.1. The minimum atomic E-state index is -4.41. The van der Waals surface area contributed by atoms with E-state index in [0.29, 0.717) is 5.69 Å². The number of para-hydroxylation sites is 1. The number of rotatable bonds is 3. The third kappa shape index (κ3) is 3.98. The maximum absolute atomic E-state index is 12.8. The summed E-state index contributed by atoms with van der Waals surface area (Å²) in [4.78, 5) is 0. The smallest absolute Gasteiger partial charge is 0.277 e. The Hall–Kier alpha value is -2.01. The average molecular weight is 313 g/mol. The lowest BCUT2D eigenvalue weighted by Crippen LogP contribution is -2.09. The Morgan fingerprint density at radius 3 is 2.38 bits per heavy atom. The van der Waals surface area contributed by atoms with Crippen LogP contribution in [0.4, 0.5) is 18.9 Å². The highest BCUT2D eigenvalue weighted by atomic mass is 35.5. The molecule has 2 aromatic carbocycles. The maximum atomic E-state index is 12.8. The predicted molar refractivity (Wildman–Crippen MR) is 78.6 cm³/mol. The van der Waals surface area contributed by atoms with Gasteiger partial charge in [0.15, 0.2) is 5.17 Å². The molecule has 0 fully saturated rings. The molecule has 0 aliphatic rings. The van der Waals surface area contributed by atoms with Crippen LogP contribution < -0.4 is 5.43 Å². The van der Waals surface area contributed by atoms with Gasteiger partial charge < -0.3 is 0 Å². The lowest BCUT2D eigenvalue weighted by Gasteiger charge is -2.11. The van der Waals surface area contributed by atoms with Gasteiger partial charge in [-0.1, -0.05) is 41.9 Å². The molecule has 1 N–H and O–H groups in total. The van der Waals surface area contributed by atoms with E-state index in [4.69, 9.17) is 11.6 Å². The Kier molecular flexibility index (Phi) is 4.53. The van der Waals surface area contributed by atoms with Crippen molar-refractivity contribution in [3.63, 3.8) is 0 Å². The van der Waals surface area contributed by atoms with E-state index >= 15 is 0 Å². The van der Waals surface area contributed by atoms with Gasteiger partial charge in [0, 0.05) is 5.56 Å². The fourth-order valence-corrected chi connectivity index (χ4v) is 1.91. The monoisotopic (exact) mass is 312 g/mol. The van der Waals surface area contributed by atoms with Gasteiger partial charge in [-0.25, -0.2) is 0 Å². The summed E-state index contributed by atoms with van der Waals surface area (Å²) >= 11 is 5.95. The van der Waals surface area contributed by atoms with Crippen LogP contribution in [0.2, 0.25) is 0 Å². The third-order valence-corrected chi connectivity index (χ3v) is 3.14. The molecule has 0 aliphatic carbocycles. The largest absolute Gasteiger partial charge is 0.416 e. The van der Waals surface area contributed by atoms with Crippen LogP contribution >= 0.6 is 11.6 Å². The number of benzene rings is 2. The molecule has 0 atom stereocenters. The standard InChI is InChI=1S/C15H12ClF3N2/c1-10-7-8-11(9-13(10)15(17,18)19)14(16)21-20-12-5-3-2-4-6-12/h2-9,20H,1H3. The molecule has 6 heteroatoms. The van der Waals surface area contributed by atoms with Gasteiger partial charge in [0.25, 0.3) is 0 Å². The molecule has 21 heavy (non-hydrogen) atoms. The molecule has 2 rings (SSSR count). The zero-order valence-corrected chi connectivity index (χ0v) is 11.8. The second-order valence-corrected chi connectivity index (χ2v) is 4.77. The number of nitrogens with zero attached hydrogens (tertiary/aromatic N) is 1. The summed E-state index contributed by atoms with van der Waals surface area (Å²) in [6, 6.07) is 12.9. The number of hydrazone groups is 1. The molecule has 2 aromatic rings. The van der Waals surface area contributed by atoms with E-state index in [1.807, 2.05) is 6.07 Å². The SMILES string of the molecule is Cc1ccc(C(Cl)=NNc2ccccc2)cc1C(F)(F)F. The van der Waals surface area contributed by atoms with Gasteiger partial charge in [0.05, 0.1) is 11.3 Å². The van der Waals surface area contributed by atoms with Gasteiger partial charge in [-0.15, -0.1) is 0 Å². The molecule has 0 unspecified atom stereocenters. The summed E-state index contributed by atoms with van der Waals surface area (Å²) in [7, 11) is 0. The van der Waals surface area contributed by atoms with Crippen molar-refractivity contribution < 1.29 is 13.2 Å². The second-order valence-electron chi connectivity index (χ2n) is 4.41. The average Bonchev–Trinajstić information content (AvgIpc) is 2.45. The molecule has 0 aliphatic heterocycles. The summed E-state index contributed by atoms with van der Waals surface area (Å²) in [5, 5.41) is 3.84. The first-order valence-corrected chi connectivity index (χ1v) is 6.48. The Balaban J connectivity index is 2.25. The third-order valence-electron chi connectivity index (χ3n) is 2.84. The molecule has 0 heterocycles. The van der Waals surface area contributed by atoms with Crippen molar-refractivity contribution in [1.82, 2.24) is 0 Å². The number of anilines is 1. The molecule has 2 nitrogen and oxygen atoms in total. The molecule has 0 saturated carbocycles. The Morgan fingerprint density at radius 1 is 1.10 bits per heavy atom. The number of alkyl halides is 3. The molecule has 0 bridgehead atoms. The highest BCUT2D eigenvalue weighted by molar-refractivity contribution is 6.69. The first-order valence-electron chi connectivity index (χ1n) is 6.10. The van der Waals surface area contributed by atoms with Crippen LogP contribution in [0, 0.1) is 6.92 Å². The number of nitrogens with one attached hydrogen (secondary N) is 1. The topological polar surface area (TPSA) is 24.4 Å². The first-order chi connectivity index (χ1) is 9.88. The molecule has 0 saturated heterocycles. The van der Waals surface area contributed by atoms with E-state index < -0.39 is 11.7 Å². The molecule has 0 amide bonds. The minimum Gasteiger partial charge on any atom is -0.277 e. The van der Waals surface area contributed by atoms with E-state index in [9.17, 15) is 13.2 Å². The Bertz CT molecular complexity index is 652. The van der Waals surface area contributed by atoms with Gasteiger partial charge in [-0.05, 0) is 30.7 Å².